The first-order valence-corrected chi connectivity index (χ1v) is 4.85. The maximum atomic E-state index is 9.04. The second kappa shape index (κ2) is 5.41. The third kappa shape index (κ3) is 2.58. The van der Waals surface area contributed by atoms with Gasteiger partial charge in [0.2, 0.25) is 0 Å². The van der Waals surface area contributed by atoms with Crippen LogP contribution in [0.3, 0.4) is 0 Å². The van der Waals surface area contributed by atoms with Crippen LogP contribution in [0, 0.1) is 17.2 Å². The molecule has 0 radical (unpaired) electrons. The number of aliphatic hydroxyl groups excluding tert-OH is 1. The SMILES string of the molecule is C[C@H](CCO)[C@@H](C#N)c1ccccc1. The van der Waals surface area contributed by atoms with Crippen molar-refractivity contribution < 1.29 is 5.11 Å². The van der Waals surface area contributed by atoms with Crippen molar-refractivity contribution in [3.8, 4) is 6.07 Å². The zero-order valence-electron chi connectivity index (χ0n) is 8.35. The van der Waals surface area contributed by atoms with Crippen molar-refractivity contribution in [2.45, 2.75) is 19.3 Å². The Labute approximate surface area is 84.8 Å². The second-order valence-electron chi connectivity index (χ2n) is 3.51. The Morgan fingerprint density at radius 3 is 2.50 bits per heavy atom. The average molecular weight is 189 g/mol. The van der Waals surface area contributed by atoms with Crippen LogP contribution in [0.1, 0.15) is 24.8 Å². The fourth-order valence-electron chi connectivity index (χ4n) is 1.56. The highest BCUT2D eigenvalue weighted by molar-refractivity contribution is 5.25. The third-order valence-corrected chi connectivity index (χ3v) is 2.45. The van der Waals surface area contributed by atoms with Gasteiger partial charge in [-0.05, 0) is 17.9 Å². The van der Waals surface area contributed by atoms with Crippen LogP contribution in [0.4, 0.5) is 0 Å². The average Bonchev–Trinajstić information content (AvgIpc) is 2.21. The monoisotopic (exact) mass is 189 g/mol. The number of nitriles is 1. The molecule has 74 valence electrons. The number of nitrogens with zero attached hydrogens (tertiary/aromatic N) is 1. The van der Waals surface area contributed by atoms with Crippen LogP contribution in [0.25, 0.3) is 0 Å². The van der Waals surface area contributed by atoms with Crippen molar-refractivity contribution in [2.75, 3.05) is 6.61 Å². The van der Waals surface area contributed by atoms with Crippen molar-refractivity contribution in [3.63, 3.8) is 0 Å². The van der Waals surface area contributed by atoms with Crippen molar-refractivity contribution in [1.29, 1.82) is 5.26 Å². The summed E-state index contributed by atoms with van der Waals surface area (Å²) in [5.74, 6) is 0.0933. The Morgan fingerprint density at radius 1 is 1.36 bits per heavy atom. The van der Waals surface area contributed by atoms with Gasteiger partial charge >= 0.3 is 0 Å². The fraction of sp³-hybridized carbons (Fsp3) is 0.417. The summed E-state index contributed by atoms with van der Waals surface area (Å²) >= 11 is 0. The summed E-state index contributed by atoms with van der Waals surface area (Å²) in [5.41, 5.74) is 1.04. The van der Waals surface area contributed by atoms with Gasteiger partial charge in [0.25, 0.3) is 0 Å². The molecule has 14 heavy (non-hydrogen) atoms. The molecule has 0 heterocycles. The van der Waals surface area contributed by atoms with Crippen LogP contribution >= 0.6 is 0 Å². The topological polar surface area (TPSA) is 44.0 Å². The van der Waals surface area contributed by atoms with E-state index in [0.717, 1.165) is 5.56 Å². The lowest BCUT2D eigenvalue weighted by atomic mass is 9.87. The molecule has 1 rings (SSSR count). The van der Waals surface area contributed by atoms with Gasteiger partial charge in [-0.15, -0.1) is 0 Å². The molecular formula is C12H15NO. The normalized spacial score (nSPS) is 14.4. The largest absolute Gasteiger partial charge is 0.396 e. The summed E-state index contributed by atoms with van der Waals surface area (Å²) in [6.07, 6.45) is 0.674. The van der Waals surface area contributed by atoms with Crippen LogP contribution in [0.5, 0.6) is 0 Å². The molecule has 0 aliphatic rings. The van der Waals surface area contributed by atoms with Crippen molar-refractivity contribution >= 4 is 0 Å². The molecule has 0 aliphatic carbocycles. The summed E-state index contributed by atoms with van der Waals surface area (Å²) in [7, 11) is 0. The smallest absolute Gasteiger partial charge is 0.0739 e. The summed E-state index contributed by atoms with van der Waals surface area (Å²) in [5, 5.41) is 17.9. The molecule has 0 unspecified atom stereocenters. The van der Waals surface area contributed by atoms with Gasteiger partial charge in [0.15, 0.2) is 0 Å². The molecule has 1 aromatic carbocycles. The number of aliphatic hydroxyl groups is 1. The predicted octanol–water partition coefficient (Wildman–Crippen LogP) is 2.31. The molecule has 0 aromatic heterocycles. The lowest BCUT2D eigenvalue weighted by Crippen LogP contribution is -2.09. The summed E-state index contributed by atoms with van der Waals surface area (Å²) in [6, 6.07) is 12.0. The Kier molecular flexibility index (Phi) is 4.15. The highest BCUT2D eigenvalue weighted by Crippen LogP contribution is 2.25. The minimum absolute atomic E-state index is 0.108. The Bertz CT molecular complexity index is 302. The van der Waals surface area contributed by atoms with Crippen molar-refractivity contribution in [2.24, 2.45) is 5.92 Å². The molecule has 1 aromatic rings. The van der Waals surface area contributed by atoms with Gasteiger partial charge in [0, 0.05) is 6.61 Å². The molecule has 0 aliphatic heterocycles. The molecule has 1 N–H and O–H groups in total. The van der Waals surface area contributed by atoms with Gasteiger partial charge in [0.1, 0.15) is 0 Å². The molecule has 2 nitrogen and oxygen atoms in total. The Balaban J connectivity index is 2.78. The first-order chi connectivity index (χ1) is 6.79. The van der Waals surface area contributed by atoms with Crippen LogP contribution in [-0.2, 0) is 0 Å². The number of hydrogen-bond acceptors (Lipinski definition) is 2. The molecular weight excluding hydrogens is 174 g/mol. The van der Waals surface area contributed by atoms with Gasteiger partial charge in [0.05, 0.1) is 12.0 Å². The van der Waals surface area contributed by atoms with Crippen molar-refractivity contribution in [1.82, 2.24) is 0 Å². The van der Waals surface area contributed by atoms with E-state index in [1.165, 1.54) is 0 Å². The first kappa shape index (κ1) is 10.7. The van der Waals surface area contributed by atoms with Gasteiger partial charge in [-0.25, -0.2) is 0 Å². The Hall–Kier alpha value is -1.33. The zero-order valence-corrected chi connectivity index (χ0v) is 8.35. The number of benzene rings is 1. The van der Waals surface area contributed by atoms with E-state index < -0.39 is 0 Å². The molecule has 0 bridgehead atoms. The molecule has 0 saturated carbocycles. The van der Waals surface area contributed by atoms with Crippen LogP contribution in [0.2, 0.25) is 0 Å². The summed E-state index contributed by atoms with van der Waals surface area (Å²) in [6.45, 7) is 2.14. The van der Waals surface area contributed by atoms with Crippen LogP contribution in [-0.4, -0.2) is 11.7 Å². The minimum Gasteiger partial charge on any atom is -0.396 e. The standard InChI is InChI=1S/C12H15NO/c1-10(7-8-14)12(9-13)11-5-3-2-4-6-11/h2-6,10,12,14H,7-8H2,1H3/t10-,12-/m1/s1. The molecule has 0 saturated heterocycles. The third-order valence-electron chi connectivity index (χ3n) is 2.45. The van der Waals surface area contributed by atoms with Crippen LogP contribution < -0.4 is 0 Å². The van der Waals surface area contributed by atoms with E-state index in [0.29, 0.717) is 6.42 Å². The maximum Gasteiger partial charge on any atom is 0.0739 e. The highest BCUT2D eigenvalue weighted by Gasteiger charge is 2.17. The first-order valence-electron chi connectivity index (χ1n) is 4.85. The molecule has 0 spiro atoms. The molecule has 2 atom stereocenters. The fourth-order valence-corrected chi connectivity index (χ4v) is 1.56. The number of rotatable bonds is 4. The van der Waals surface area contributed by atoms with E-state index in [4.69, 9.17) is 10.4 Å². The van der Waals surface area contributed by atoms with E-state index in [1.54, 1.807) is 0 Å². The van der Waals surface area contributed by atoms with Crippen molar-refractivity contribution in [3.05, 3.63) is 35.9 Å². The lowest BCUT2D eigenvalue weighted by Gasteiger charge is -2.16. The number of hydrogen-bond donors (Lipinski definition) is 1. The minimum atomic E-state index is -0.108. The van der Waals surface area contributed by atoms with E-state index in [-0.39, 0.29) is 18.4 Å². The van der Waals surface area contributed by atoms with Gasteiger partial charge < -0.3 is 5.11 Å². The van der Waals surface area contributed by atoms with E-state index in [9.17, 15) is 0 Å². The van der Waals surface area contributed by atoms with E-state index in [1.807, 2.05) is 37.3 Å². The zero-order chi connectivity index (χ0) is 10.4. The van der Waals surface area contributed by atoms with E-state index >= 15 is 0 Å². The summed E-state index contributed by atoms with van der Waals surface area (Å²) in [4.78, 5) is 0. The quantitative estimate of drug-likeness (QED) is 0.789. The van der Waals surface area contributed by atoms with Crippen LogP contribution in [0.15, 0.2) is 30.3 Å². The summed E-state index contributed by atoms with van der Waals surface area (Å²) < 4.78 is 0. The van der Waals surface area contributed by atoms with Gasteiger partial charge in [-0.3, -0.25) is 0 Å². The molecule has 0 amide bonds. The lowest BCUT2D eigenvalue weighted by molar-refractivity contribution is 0.257. The highest BCUT2D eigenvalue weighted by atomic mass is 16.3. The second-order valence-corrected chi connectivity index (χ2v) is 3.51. The van der Waals surface area contributed by atoms with Gasteiger partial charge in [-0.2, -0.15) is 5.26 Å². The maximum absolute atomic E-state index is 9.04. The molecule has 0 fully saturated rings. The molecule has 2 heteroatoms. The Morgan fingerprint density at radius 2 is 2.00 bits per heavy atom. The van der Waals surface area contributed by atoms with Gasteiger partial charge in [-0.1, -0.05) is 37.3 Å². The van der Waals surface area contributed by atoms with E-state index in [2.05, 4.69) is 6.07 Å². The predicted molar refractivity (Wildman–Crippen MR) is 55.7 cm³/mol.